The van der Waals surface area contributed by atoms with Crippen LogP contribution in [0.25, 0.3) is 0 Å². The number of pyridine rings is 1. The number of rotatable bonds is 4. The molecule has 0 aromatic carbocycles. The van der Waals surface area contributed by atoms with Gasteiger partial charge in [-0.15, -0.1) is 0 Å². The summed E-state index contributed by atoms with van der Waals surface area (Å²) in [6.07, 6.45) is 9.77. The van der Waals surface area contributed by atoms with Gasteiger partial charge in [-0.05, 0) is 49.1 Å². The molecule has 1 aromatic rings. The van der Waals surface area contributed by atoms with E-state index in [0.717, 1.165) is 18.9 Å². The van der Waals surface area contributed by atoms with E-state index in [1.54, 1.807) is 0 Å². The third-order valence-electron chi connectivity index (χ3n) is 4.73. The highest BCUT2D eigenvalue weighted by atomic mass is 14.9. The van der Waals surface area contributed by atoms with E-state index in [4.69, 9.17) is 0 Å². The first-order valence-corrected chi connectivity index (χ1v) is 8.19. The second-order valence-electron chi connectivity index (χ2n) is 7.29. The van der Waals surface area contributed by atoms with E-state index in [1.165, 1.54) is 37.8 Å². The maximum atomic E-state index is 4.38. The average molecular weight is 274 g/mol. The van der Waals surface area contributed by atoms with E-state index in [0.29, 0.717) is 11.5 Å². The minimum absolute atomic E-state index is 0.475. The summed E-state index contributed by atoms with van der Waals surface area (Å²) in [5.74, 6) is 0.894. The molecule has 1 aromatic heterocycles. The first kappa shape index (κ1) is 15.5. The highest BCUT2D eigenvalue weighted by molar-refractivity contribution is 5.03. The van der Waals surface area contributed by atoms with Crippen molar-refractivity contribution in [2.45, 2.75) is 65.3 Å². The van der Waals surface area contributed by atoms with Gasteiger partial charge in [0.05, 0.1) is 0 Å². The van der Waals surface area contributed by atoms with Crippen LogP contribution in [0.15, 0.2) is 24.4 Å². The van der Waals surface area contributed by atoms with Crippen molar-refractivity contribution < 1.29 is 0 Å². The smallest absolute Gasteiger partial charge is 0.0416 e. The molecule has 0 aliphatic heterocycles. The fourth-order valence-corrected chi connectivity index (χ4v) is 3.32. The number of hydrogen-bond donors (Lipinski definition) is 1. The van der Waals surface area contributed by atoms with E-state index >= 15 is 0 Å². The van der Waals surface area contributed by atoms with Crippen LogP contribution in [0, 0.1) is 11.3 Å². The van der Waals surface area contributed by atoms with Gasteiger partial charge in [-0.25, -0.2) is 0 Å². The summed E-state index contributed by atoms with van der Waals surface area (Å²) < 4.78 is 0. The van der Waals surface area contributed by atoms with Crippen molar-refractivity contribution in [3.05, 3.63) is 30.1 Å². The van der Waals surface area contributed by atoms with Crippen molar-refractivity contribution in [3.8, 4) is 0 Å². The molecule has 0 bridgehead atoms. The zero-order valence-electron chi connectivity index (χ0n) is 13.4. The molecule has 2 atom stereocenters. The molecule has 0 saturated heterocycles. The van der Waals surface area contributed by atoms with Crippen LogP contribution in [-0.2, 0) is 6.42 Å². The highest BCUT2D eigenvalue weighted by Crippen LogP contribution is 2.36. The van der Waals surface area contributed by atoms with E-state index < -0.39 is 0 Å². The van der Waals surface area contributed by atoms with Crippen LogP contribution in [0.2, 0.25) is 0 Å². The Morgan fingerprint density at radius 1 is 1.15 bits per heavy atom. The van der Waals surface area contributed by atoms with Gasteiger partial charge in [-0.1, -0.05) is 33.3 Å². The lowest BCUT2D eigenvalue weighted by Crippen LogP contribution is -2.30. The average Bonchev–Trinajstić information content (AvgIpc) is 2.65. The monoisotopic (exact) mass is 274 g/mol. The maximum absolute atomic E-state index is 4.38. The molecule has 0 radical (unpaired) electrons. The first-order valence-electron chi connectivity index (χ1n) is 8.19. The zero-order chi connectivity index (χ0) is 14.4. The molecule has 1 N–H and O–H groups in total. The van der Waals surface area contributed by atoms with Gasteiger partial charge in [-0.2, -0.15) is 0 Å². The minimum Gasteiger partial charge on any atom is -0.314 e. The van der Waals surface area contributed by atoms with Crippen LogP contribution in [0.5, 0.6) is 0 Å². The normalized spacial score (nSPS) is 24.4. The Kier molecular flexibility index (Phi) is 5.59. The van der Waals surface area contributed by atoms with Crippen molar-refractivity contribution in [1.82, 2.24) is 10.3 Å². The Bertz CT molecular complexity index is 380. The lowest BCUT2D eigenvalue weighted by Gasteiger charge is -2.29. The van der Waals surface area contributed by atoms with Gasteiger partial charge < -0.3 is 5.32 Å². The van der Waals surface area contributed by atoms with Gasteiger partial charge in [0.15, 0.2) is 0 Å². The fourth-order valence-electron chi connectivity index (χ4n) is 3.32. The molecule has 1 saturated carbocycles. The number of aromatic nitrogens is 1. The van der Waals surface area contributed by atoms with Crippen LogP contribution in [-0.4, -0.2) is 17.6 Å². The Labute approximate surface area is 124 Å². The molecule has 1 fully saturated rings. The van der Waals surface area contributed by atoms with Crippen molar-refractivity contribution >= 4 is 0 Å². The summed E-state index contributed by atoms with van der Waals surface area (Å²) in [5.41, 5.74) is 1.67. The topological polar surface area (TPSA) is 24.9 Å². The van der Waals surface area contributed by atoms with Crippen molar-refractivity contribution in [2.24, 2.45) is 11.3 Å². The second-order valence-corrected chi connectivity index (χ2v) is 7.29. The second kappa shape index (κ2) is 7.21. The summed E-state index contributed by atoms with van der Waals surface area (Å²) in [6, 6.07) is 6.88. The molecule has 2 heteroatoms. The fraction of sp³-hybridized carbons (Fsp3) is 0.722. The predicted molar refractivity (Wildman–Crippen MR) is 85.8 cm³/mol. The summed E-state index contributed by atoms with van der Waals surface area (Å²) in [4.78, 5) is 4.38. The molecule has 2 unspecified atom stereocenters. The minimum atomic E-state index is 0.475. The zero-order valence-corrected chi connectivity index (χ0v) is 13.4. The standard InChI is InChI=1S/C18H30N2/c1-18(2,3)15-7-6-9-16(11-10-15)20-14-12-17-8-4-5-13-19-17/h4-5,8,13,15-16,20H,6-7,9-12,14H2,1-3H3. The molecule has 1 aliphatic carbocycles. The van der Waals surface area contributed by atoms with Crippen molar-refractivity contribution in [1.29, 1.82) is 0 Å². The number of hydrogen-bond acceptors (Lipinski definition) is 2. The Balaban J connectivity index is 1.72. The third kappa shape index (κ3) is 4.90. The van der Waals surface area contributed by atoms with Crippen LogP contribution < -0.4 is 5.32 Å². The maximum Gasteiger partial charge on any atom is 0.0416 e. The quantitative estimate of drug-likeness (QED) is 0.832. The third-order valence-corrected chi connectivity index (χ3v) is 4.73. The molecule has 112 valence electrons. The summed E-state index contributed by atoms with van der Waals surface area (Å²) in [6.45, 7) is 8.24. The first-order chi connectivity index (χ1) is 9.55. The highest BCUT2D eigenvalue weighted by Gasteiger charge is 2.27. The van der Waals surface area contributed by atoms with E-state index in [2.05, 4.69) is 43.2 Å². The molecule has 20 heavy (non-hydrogen) atoms. The molecule has 0 spiro atoms. The lowest BCUT2D eigenvalue weighted by molar-refractivity contribution is 0.213. The molecule has 2 nitrogen and oxygen atoms in total. The van der Waals surface area contributed by atoms with Crippen molar-refractivity contribution in [3.63, 3.8) is 0 Å². The van der Waals surface area contributed by atoms with E-state index in [-0.39, 0.29) is 0 Å². The van der Waals surface area contributed by atoms with Gasteiger partial charge in [0.1, 0.15) is 0 Å². The van der Waals surface area contributed by atoms with Crippen molar-refractivity contribution in [2.75, 3.05) is 6.54 Å². The van der Waals surface area contributed by atoms with Gasteiger partial charge in [0.25, 0.3) is 0 Å². The largest absolute Gasteiger partial charge is 0.314 e. The summed E-state index contributed by atoms with van der Waals surface area (Å²) >= 11 is 0. The molecule has 2 rings (SSSR count). The van der Waals surface area contributed by atoms with E-state index in [9.17, 15) is 0 Å². The Hall–Kier alpha value is -0.890. The van der Waals surface area contributed by atoms with Crippen LogP contribution in [0.4, 0.5) is 0 Å². The van der Waals surface area contributed by atoms with E-state index in [1.807, 2.05) is 12.3 Å². The van der Waals surface area contributed by atoms with Gasteiger partial charge in [0, 0.05) is 30.9 Å². The molecule has 1 heterocycles. The molecular formula is C18H30N2. The summed E-state index contributed by atoms with van der Waals surface area (Å²) in [5, 5.41) is 3.74. The van der Waals surface area contributed by atoms with Crippen LogP contribution in [0.1, 0.15) is 58.6 Å². The molecular weight excluding hydrogens is 244 g/mol. The lowest BCUT2D eigenvalue weighted by atomic mass is 9.76. The number of nitrogens with zero attached hydrogens (tertiary/aromatic N) is 1. The van der Waals surface area contributed by atoms with Gasteiger partial charge >= 0.3 is 0 Å². The predicted octanol–water partition coefficient (Wildman–Crippen LogP) is 4.21. The SMILES string of the molecule is CC(C)(C)C1CCCC(NCCc2ccccn2)CC1. The number of nitrogens with one attached hydrogen (secondary N) is 1. The van der Waals surface area contributed by atoms with Gasteiger partial charge in [0.2, 0.25) is 0 Å². The Morgan fingerprint density at radius 3 is 2.70 bits per heavy atom. The van der Waals surface area contributed by atoms with Crippen LogP contribution >= 0.6 is 0 Å². The molecule has 0 amide bonds. The summed E-state index contributed by atoms with van der Waals surface area (Å²) in [7, 11) is 0. The Morgan fingerprint density at radius 2 is 2.00 bits per heavy atom. The molecule has 1 aliphatic rings. The van der Waals surface area contributed by atoms with Gasteiger partial charge in [-0.3, -0.25) is 4.98 Å². The van der Waals surface area contributed by atoms with Crippen LogP contribution in [0.3, 0.4) is 0 Å².